The lowest BCUT2D eigenvalue weighted by atomic mass is 9.99. The van der Waals surface area contributed by atoms with Crippen LogP contribution in [-0.4, -0.2) is 18.0 Å². The largest absolute Gasteiger partial charge is 0.299 e. The standard InChI is InChI=1S/C13H18N.ClH/c1-12-7-9-14(10-8-12)11-13-5-3-2-4-6-13;/h2-6,12H,1,7-11H2;1H. The van der Waals surface area contributed by atoms with Gasteiger partial charge in [-0.15, -0.1) is 12.4 Å². The van der Waals surface area contributed by atoms with Crippen molar-refractivity contribution < 1.29 is 0 Å². The molecule has 1 aliphatic heterocycles. The minimum Gasteiger partial charge on any atom is -0.299 e. The van der Waals surface area contributed by atoms with Crippen LogP contribution in [0.25, 0.3) is 0 Å². The summed E-state index contributed by atoms with van der Waals surface area (Å²) >= 11 is 0. The number of hydrogen-bond donors (Lipinski definition) is 0. The van der Waals surface area contributed by atoms with E-state index in [1.54, 1.807) is 0 Å². The molecule has 0 unspecified atom stereocenters. The van der Waals surface area contributed by atoms with Crippen molar-refractivity contribution in [3.63, 3.8) is 0 Å². The molecule has 1 aromatic rings. The molecule has 0 spiro atoms. The lowest BCUT2D eigenvalue weighted by Gasteiger charge is -2.30. The summed E-state index contributed by atoms with van der Waals surface area (Å²) in [5.41, 5.74) is 1.43. The lowest BCUT2D eigenvalue weighted by molar-refractivity contribution is 0.195. The van der Waals surface area contributed by atoms with Gasteiger partial charge in [-0.3, -0.25) is 4.90 Å². The van der Waals surface area contributed by atoms with E-state index in [2.05, 4.69) is 42.2 Å². The molecule has 83 valence electrons. The van der Waals surface area contributed by atoms with E-state index in [-0.39, 0.29) is 12.4 Å². The maximum absolute atomic E-state index is 4.11. The Balaban J connectivity index is 0.00000112. The third kappa shape index (κ3) is 3.84. The molecule has 0 aliphatic carbocycles. The number of nitrogens with zero attached hydrogens (tertiary/aromatic N) is 1. The van der Waals surface area contributed by atoms with Crippen LogP contribution in [-0.2, 0) is 6.54 Å². The molecule has 0 N–H and O–H groups in total. The first-order valence-corrected chi connectivity index (χ1v) is 5.44. The summed E-state index contributed by atoms with van der Waals surface area (Å²) in [6.45, 7) is 7.64. The Hall–Kier alpha value is -0.530. The Kier molecular flexibility index (Phi) is 5.13. The van der Waals surface area contributed by atoms with Gasteiger partial charge in [-0.25, -0.2) is 0 Å². The van der Waals surface area contributed by atoms with Gasteiger partial charge in [0.2, 0.25) is 0 Å². The maximum Gasteiger partial charge on any atom is 0.0233 e. The average molecular weight is 225 g/mol. The topological polar surface area (TPSA) is 3.24 Å². The Morgan fingerprint density at radius 1 is 1.13 bits per heavy atom. The zero-order valence-corrected chi connectivity index (χ0v) is 9.88. The summed E-state index contributed by atoms with van der Waals surface area (Å²) in [5.74, 6) is 0.682. The second-order valence-electron chi connectivity index (χ2n) is 4.21. The first kappa shape index (κ1) is 12.5. The zero-order valence-electron chi connectivity index (χ0n) is 9.06. The van der Waals surface area contributed by atoms with Crippen LogP contribution in [0.15, 0.2) is 30.3 Å². The van der Waals surface area contributed by atoms with Crippen LogP contribution in [0, 0.1) is 12.8 Å². The second kappa shape index (κ2) is 6.14. The molecule has 15 heavy (non-hydrogen) atoms. The highest BCUT2D eigenvalue weighted by Gasteiger charge is 2.15. The van der Waals surface area contributed by atoms with Gasteiger partial charge in [0, 0.05) is 6.54 Å². The Bertz CT molecular complexity index is 265. The average Bonchev–Trinajstić information content (AvgIpc) is 2.23. The van der Waals surface area contributed by atoms with E-state index in [0.29, 0.717) is 5.92 Å². The molecule has 2 heteroatoms. The maximum atomic E-state index is 4.11. The van der Waals surface area contributed by atoms with Gasteiger partial charge in [-0.1, -0.05) is 37.3 Å². The van der Waals surface area contributed by atoms with Gasteiger partial charge >= 0.3 is 0 Å². The normalized spacial score (nSPS) is 18.5. The zero-order chi connectivity index (χ0) is 9.80. The highest BCUT2D eigenvalue weighted by molar-refractivity contribution is 5.85. The van der Waals surface area contributed by atoms with Crippen LogP contribution in [0.1, 0.15) is 18.4 Å². The van der Waals surface area contributed by atoms with Crippen LogP contribution in [0.2, 0.25) is 0 Å². The predicted octanol–water partition coefficient (Wildman–Crippen LogP) is 3.15. The van der Waals surface area contributed by atoms with Crippen molar-refractivity contribution >= 4 is 12.4 Å². The van der Waals surface area contributed by atoms with E-state index < -0.39 is 0 Å². The fourth-order valence-electron chi connectivity index (χ4n) is 1.99. The van der Waals surface area contributed by atoms with Gasteiger partial charge in [-0.2, -0.15) is 0 Å². The smallest absolute Gasteiger partial charge is 0.0233 e. The number of rotatable bonds is 2. The van der Waals surface area contributed by atoms with Gasteiger partial charge in [0.25, 0.3) is 0 Å². The van der Waals surface area contributed by atoms with E-state index in [9.17, 15) is 0 Å². The molecule has 1 aliphatic rings. The summed E-state index contributed by atoms with van der Waals surface area (Å²) in [5, 5.41) is 0. The number of likely N-dealkylation sites (tertiary alicyclic amines) is 1. The fraction of sp³-hybridized carbons (Fsp3) is 0.462. The Morgan fingerprint density at radius 2 is 1.73 bits per heavy atom. The van der Waals surface area contributed by atoms with Crippen LogP contribution in [0.3, 0.4) is 0 Å². The number of hydrogen-bond acceptors (Lipinski definition) is 1. The molecule has 2 rings (SSSR count). The van der Waals surface area contributed by atoms with Gasteiger partial charge in [0.1, 0.15) is 0 Å². The lowest BCUT2D eigenvalue weighted by Crippen LogP contribution is -2.32. The molecule has 1 radical (unpaired) electrons. The van der Waals surface area contributed by atoms with Crippen LogP contribution >= 0.6 is 12.4 Å². The third-order valence-corrected chi connectivity index (χ3v) is 2.96. The van der Waals surface area contributed by atoms with Crippen LogP contribution in [0.5, 0.6) is 0 Å². The van der Waals surface area contributed by atoms with Gasteiger partial charge in [0.15, 0.2) is 0 Å². The van der Waals surface area contributed by atoms with Crippen molar-refractivity contribution in [2.24, 2.45) is 5.92 Å². The van der Waals surface area contributed by atoms with Gasteiger partial charge < -0.3 is 0 Å². The summed E-state index contributed by atoms with van der Waals surface area (Å²) < 4.78 is 0. The van der Waals surface area contributed by atoms with Gasteiger partial charge in [-0.05, 0) is 37.4 Å². The summed E-state index contributed by atoms with van der Waals surface area (Å²) in [7, 11) is 0. The second-order valence-corrected chi connectivity index (χ2v) is 4.21. The highest BCUT2D eigenvalue weighted by atomic mass is 35.5. The van der Waals surface area contributed by atoms with E-state index in [4.69, 9.17) is 0 Å². The molecule has 1 aromatic carbocycles. The quantitative estimate of drug-likeness (QED) is 0.746. The minimum absolute atomic E-state index is 0. The molecule has 0 aromatic heterocycles. The van der Waals surface area contributed by atoms with E-state index in [1.807, 2.05) is 0 Å². The molecule has 1 saturated heterocycles. The molecule has 0 amide bonds. The first-order chi connectivity index (χ1) is 6.84. The van der Waals surface area contributed by atoms with Crippen molar-refractivity contribution in [2.75, 3.05) is 13.1 Å². The fourth-order valence-corrected chi connectivity index (χ4v) is 1.99. The number of piperidine rings is 1. The third-order valence-electron chi connectivity index (χ3n) is 2.96. The van der Waals surface area contributed by atoms with Crippen LogP contribution in [0.4, 0.5) is 0 Å². The molecular formula is C13H19ClN. The van der Waals surface area contributed by atoms with Crippen molar-refractivity contribution in [1.82, 2.24) is 4.90 Å². The van der Waals surface area contributed by atoms with Crippen molar-refractivity contribution in [3.8, 4) is 0 Å². The van der Waals surface area contributed by atoms with E-state index in [1.165, 1.54) is 31.5 Å². The van der Waals surface area contributed by atoms with Crippen molar-refractivity contribution in [3.05, 3.63) is 42.8 Å². The first-order valence-electron chi connectivity index (χ1n) is 5.44. The minimum atomic E-state index is 0. The Morgan fingerprint density at radius 3 is 2.33 bits per heavy atom. The molecule has 0 saturated carbocycles. The molecule has 0 atom stereocenters. The van der Waals surface area contributed by atoms with E-state index in [0.717, 1.165) is 6.54 Å². The van der Waals surface area contributed by atoms with Gasteiger partial charge in [0.05, 0.1) is 0 Å². The Labute approximate surface area is 98.9 Å². The molecule has 1 heterocycles. The van der Waals surface area contributed by atoms with E-state index >= 15 is 0 Å². The summed E-state index contributed by atoms with van der Waals surface area (Å²) in [4.78, 5) is 2.52. The number of benzene rings is 1. The SMILES string of the molecule is Cl.[CH2]C1CCN(Cc2ccccc2)CC1. The molecule has 1 fully saturated rings. The molecule has 0 bridgehead atoms. The van der Waals surface area contributed by atoms with Crippen molar-refractivity contribution in [2.45, 2.75) is 19.4 Å². The summed E-state index contributed by atoms with van der Waals surface area (Å²) in [6, 6.07) is 10.7. The highest BCUT2D eigenvalue weighted by Crippen LogP contribution is 2.17. The van der Waals surface area contributed by atoms with Crippen molar-refractivity contribution in [1.29, 1.82) is 0 Å². The summed E-state index contributed by atoms with van der Waals surface area (Å²) in [6.07, 6.45) is 2.51. The monoisotopic (exact) mass is 224 g/mol. The number of halogens is 1. The molecule has 1 nitrogen and oxygen atoms in total. The predicted molar refractivity (Wildman–Crippen MR) is 67.0 cm³/mol. The molecular weight excluding hydrogens is 206 g/mol. The van der Waals surface area contributed by atoms with Crippen LogP contribution < -0.4 is 0 Å².